The van der Waals surface area contributed by atoms with Crippen molar-refractivity contribution in [3.63, 3.8) is 0 Å². The third-order valence-corrected chi connectivity index (χ3v) is 2.39. The van der Waals surface area contributed by atoms with Gasteiger partial charge in [0.1, 0.15) is 17.7 Å². The Bertz CT molecular complexity index is 676. The Morgan fingerprint density at radius 3 is 2.52 bits per heavy atom. The van der Waals surface area contributed by atoms with Crippen LogP contribution in [0, 0.1) is 0 Å². The molecule has 0 aliphatic carbocycles. The van der Waals surface area contributed by atoms with Crippen LogP contribution in [0.25, 0.3) is 0 Å². The average molecular weight is 326 g/mol. The summed E-state index contributed by atoms with van der Waals surface area (Å²) in [5.41, 5.74) is -0.150. The topological polar surface area (TPSA) is 131 Å². The molecule has 0 bridgehead atoms. The molecule has 1 heterocycles. The summed E-state index contributed by atoms with van der Waals surface area (Å²) in [5.74, 6) is -2.18. The van der Waals surface area contributed by atoms with E-state index < -0.39 is 41.2 Å². The summed E-state index contributed by atoms with van der Waals surface area (Å²) in [6.45, 7) is 4.64. The van der Waals surface area contributed by atoms with Gasteiger partial charge < -0.3 is 14.7 Å². The molecule has 0 aliphatic heterocycles. The van der Waals surface area contributed by atoms with Crippen molar-refractivity contribution >= 4 is 18.0 Å². The van der Waals surface area contributed by atoms with Gasteiger partial charge in [0.15, 0.2) is 0 Å². The van der Waals surface area contributed by atoms with Crippen molar-refractivity contribution in [2.75, 3.05) is 19.0 Å². The highest BCUT2D eigenvalue weighted by Gasteiger charge is 2.21. The number of nitrogens with one attached hydrogen (secondary N) is 1. The summed E-state index contributed by atoms with van der Waals surface area (Å²) >= 11 is 0. The van der Waals surface area contributed by atoms with Crippen LogP contribution < -0.4 is 11.0 Å². The highest BCUT2D eigenvalue weighted by atomic mass is 16.6. The first kappa shape index (κ1) is 18.1. The lowest BCUT2D eigenvalue weighted by atomic mass is 10.2. The van der Waals surface area contributed by atoms with Crippen LogP contribution in [0.4, 0.5) is 4.79 Å². The fourth-order valence-corrected chi connectivity index (χ4v) is 1.43. The third-order valence-electron chi connectivity index (χ3n) is 2.39. The molecule has 2 amide bonds. The molecule has 0 saturated heterocycles. The van der Waals surface area contributed by atoms with Crippen LogP contribution in [0.2, 0.25) is 0 Å². The maximum absolute atomic E-state index is 11.8. The third kappa shape index (κ3) is 5.41. The predicted molar refractivity (Wildman–Crippen MR) is 78.7 cm³/mol. The monoisotopic (exact) mass is 326 g/mol. The molecule has 0 aromatic carbocycles. The highest BCUT2D eigenvalue weighted by Crippen LogP contribution is 2.08. The summed E-state index contributed by atoms with van der Waals surface area (Å²) in [6, 6.07) is 1.01. The lowest BCUT2D eigenvalue weighted by molar-refractivity contribution is -0.118. The number of ether oxygens (including phenoxy) is 1. The lowest BCUT2D eigenvalue weighted by Gasteiger charge is -2.24. The van der Waals surface area contributed by atoms with E-state index in [2.05, 4.69) is 10.5 Å². The van der Waals surface area contributed by atoms with Crippen molar-refractivity contribution in [3.8, 4) is 0 Å². The Kier molecular flexibility index (Phi) is 5.44. The number of rotatable bonds is 4. The number of aromatic carboxylic acids is 1. The first-order valence-electron chi connectivity index (χ1n) is 6.57. The van der Waals surface area contributed by atoms with Crippen LogP contribution in [0.15, 0.2) is 17.1 Å². The van der Waals surface area contributed by atoms with E-state index in [1.807, 2.05) is 0 Å². The Balaban J connectivity index is 2.75. The molecule has 0 unspecified atom stereocenters. The molecule has 0 atom stereocenters. The quantitative estimate of drug-likeness (QED) is 0.788. The number of likely N-dealkylation sites (N-methyl/N-ethyl adjacent to an activating group) is 1. The van der Waals surface area contributed by atoms with Gasteiger partial charge in [-0.15, -0.1) is 4.79 Å². The zero-order valence-corrected chi connectivity index (χ0v) is 13.2. The van der Waals surface area contributed by atoms with E-state index in [1.165, 1.54) is 7.05 Å². The standard InChI is InChI=1S/C13H18N4O6/c1-13(2,3)23-12(22)16(4)7-9(18)15-17-10(19)8(11(20)21)5-6-14-17/h5-6H,7H2,1-4H3,(H,15,18)(H,20,21). The summed E-state index contributed by atoms with van der Waals surface area (Å²) < 4.78 is 5.07. The van der Waals surface area contributed by atoms with Crippen LogP contribution in [-0.4, -0.2) is 57.1 Å². The van der Waals surface area contributed by atoms with Crippen molar-refractivity contribution in [1.82, 2.24) is 14.8 Å². The van der Waals surface area contributed by atoms with E-state index >= 15 is 0 Å². The van der Waals surface area contributed by atoms with Crippen LogP contribution in [0.3, 0.4) is 0 Å². The van der Waals surface area contributed by atoms with E-state index in [-0.39, 0.29) is 0 Å². The molecule has 126 valence electrons. The summed E-state index contributed by atoms with van der Waals surface area (Å²) in [7, 11) is 1.34. The largest absolute Gasteiger partial charge is 0.477 e. The van der Waals surface area contributed by atoms with E-state index in [0.717, 1.165) is 17.2 Å². The Hall–Kier alpha value is -2.91. The number of carbonyl (C=O) groups excluding carboxylic acids is 2. The number of hydrogen-bond donors (Lipinski definition) is 2. The van der Waals surface area contributed by atoms with Crippen molar-refractivity contribution in [3.05, 3.63) is 28.2 Å². The lowest BCUT2D eigenvalue weighted by Crippen LogP contribution is -2.43. The minimum absolute atomic E-state index is 0.402. The summed E-state index contributed by atoms with van der Waals surface area (Å²) in [5, 5.41) is 12.4. The maximum Gasteiger partial charge on any atom is 0.410 e. The van der Waals surface area contributed by atoms with Gasteiger partial charge in [-0.1, -0.05) is 0 Å². The fraction of sp³-hybridized carbons (Fsp3) is 0.462. The SMILES string of the molecule is CN(CC(=O)Nn1nccc(C(=O)O)c1=O)C(=O)OC(C)(C)C. The van der Waals surface area contributed by atoms with Crippen molar-refractivity contribution in [2.45, 2.75) is 26.4 Å². The van der Waals surface area contributed by atoms with Crippen LogP contribution in [0.5, 0.6) is 0 Å². The normalized spacial score (nSPS) is 10.8. The molecule has 1 aromatic rings. The van der Waals surface area contributed by atoms with E-state index in [0.29, 0.717) is 4.79 Å². The molecule has 0 saturated carbocycles. The molecule has 0 radical (unpaired) electrons. The van der Waals surface area contributed by atoms with Crippen LogP contribution >= 0.6 is 0 Å². The summed E-state index contributed by atoms with van der Waals surface area (Å²) in [6.07, 6.45) is 0.343. The number of carbonyl (C=O) groups is 3. The van der Waals surface area contributed by atoms with Gasteiger partial charge in [-0.05, 0) is 26.8 Å². The fourth-order valence-electron chi connectivity index (χ4n) is 1.43. The molecule has 2 N–H and O–H groups in total. The molecule has 1 rings (SSSR count). The first-order chi connectivity index (χ1) is 10.5. The second-order valence-electron chi connectivity index (χ2n) is 5.64. The molecular weight excluding hydrogens is 308 g/mol. The zero-order chi connectivity index (χ0) is 17.8. The van der Waals surface area contributed by atoms with Gasteiger partial charge >= 0.3 is 17.6 Å². The molecule has 0 fully saturated rings. The minimum atomic E-state index is -1.44. The van der Waals surface area contributed by atoms with E-state index in [1.54, 1.807) is 20.8 Å². The second kappa shape index (κ2) is 6.90. The van der Waals surface area contributed by atoms with Crippen LogP contribution in [0.1, 0.15) is 31.1 Å². The predicted octanol–water partition coefficient (Wildman–Crippen LogP) is -0.122. The Labute approximate surface area is 131 Å². The zero-order valence-electron chi connectivity index (χ0n) is 13.2. The molecule has 0 aliphatic rings. The second-order valence-corrected chi connectivity index (χ2v) is 5.64. The smallest absolute Gasteiger partial charge is 0.410 e. The van der Waals surface area contributed by atoms with Gasteiger partial charge in [-0.3, -0.25) is 9.59 Å². The first-order valence-corrected chi connectivity index (χ1v) is 6.57. The number of nitrogens with zero attached hydrogens (tertiary/aromatic N) is 3. The Morgan fingerprint density at radius 1 is 1.39 bits per heavy atom. The average Bonchev–Trinajstić information content (AvgIpc) is 2.38. The van der Waals surface area contributed by atoms with Gasteiger partial charge in [0.25, 0.3) is 5.91 Å². The highest BCUT2D eigenvalue weighted by molar-refractivity contribution is 5.89. The van der Waals surface area contributed by atoms with Crippen molar-refractivity contribution in [2.24, 2.45) is 0 Å². The number of carboxylic acid groups (broad SMARTS) is 1. The number of hydrogen-bond acceptors (Lipinski definition) is 6. The molecular formula is C13H18N4O6. The molecule has 10 heteroatoms. The minimum Gasteiger partial charge on any atom is -0.477 e. The number of aromatic nitrogens is 2. The van der Waals surface area contributed by atoms with Gasteiger partial charge in [0, 0.05) is 7.05 Å². The molecule has 23 heavy (non-hydrogen) atoms. The van der Waals surface area contributed by atoms with E-state index in [9.17, 15) is 19.2 Å². The van der Waals surface area contributed by atoms with Crippen molar-refractivity contribution < 1.29 is 24.2 Å². The summed E-state index contributed by atoms with van der Waals surface area (Å²) in [4.78, 5) is 47.6. The molecule has 1 aromatic heterocycles. The molecule has 0 spiro atoms. The van der Waals surface area contributed by atoms with Crippen molar-refractivity contribution in [1.29, 1.82) is 0 Å². The number of carboxylic acids is 1. The van der Waals surface area contributed by atoms with Gasteiger partial charge in [-0.25, -0.2) is 15.0 Å². The van der Waals surface area contributed by atoms with Crippen LogP contribution in [-0.2, 0) is 9.53 Å². The van der Waals surface area contributed by atoms with Gasteiger partial charge in [-0.2, -0.15) is 5.10 Å². The van der Waals surface area contributed by atoms with Gasteiger partial charge in [0.2, 0.25) is 0 Å². The maximum atomic E-state index is 11.8. The number of amides is 2. The molecule has 10 nitrogen and oxygen atoms in total. The Morgan fingerprint density at radius 2 is 2.00 bits per heavy atom. The van der Waals surface area contributed by atoms with E-state index in [4.69, 9.17) is 9.84 Å². The van der Waals surface area contributed by atoms with Gasteiger partial charge in [0.05, 0.1) is 6.20 Å².